The number of hydrogen-bond donors (Lipinski definition) is 1. The molecule has 0 aliphatic carbocycles. The number of carboxylic acids is 1. The second-order valence-electron chi connectivity index (χ2n) is 4.76. The van der Waals surface area contributed by atoms with Crippen LogP contribution in [0, 0.1) is 0 Å². The third-order valence-corrected chi connectivity index (χ3v) is 3.39. The van der Waals surface area contributed by atoms with Crippen LogP contribution in [0.4, 0.5) is 0 Å². The predicted octanol–water partition coefficient (Wildman–Crippen LogP) is 3.40. The average molecular weight is 251 g/mol. The zero-order valence-electron chi connectivity index (χ0n) is 9.85. The number of rotatable bonds is 2. The summed E-state index contributed by atoms with van der Waals surface area (Å²) in [7, 11) is 0. The van der Waals surface area contributed by atoms with Crippen molar-refractivity contribution in [2.45, 2.75) is 26.2 Å². The highest BCUT2D eigenvalue weighted by Gasteiger charge is 2.27. The number of nitrogens with zero attached hydrogens (tertiary/aromatic N) is 1. The molecular formula is C12H13NO3S. The summed E-state index contributed by atoms with van der Waals surface area (Å²) >= 11 is 1.18. The van der Waals surface area contributed by atoms with Gasteiger partial charge in [-0.1, -0.05) is 20.8 Å². The lowest BCUT2D eigenvalue weighted by molar-refractivity contribution is 0.0699. The predicted molar refractivity (Wildman–Crippen MR) is 65.5 cm³/mol. The van der Waals surface area contributed by atoms with E-state index in [-0.39, 0.29) is 5.41 Å². The second-order valence-corrected chi connectivity index (χ2v) is 5.76. The van der Waals surface area contributed by atoms with Crippen LogP contribution in [0.3, 0.4) is 0 Å². The third-order valence-electron chi connectivity index (χ3n) is 2.30. The Morgan fingerprint density at radius 2 is 2.18 bits per heavy atom. The van der Waals surface area contributed by atoms with Gasteiger partial charge < -0.3 is 9.52 Å². The topological polar surface area (TPSA) is 63.3 Å². The van der Waals surface area contributed by atoms with E-state index in [0.29, 0.717) is 15.6 Å². The molecule has 5 heteroatoms. The number of hydrogen-bond acceptors (Lipinski definition) is 4. The van der Waals surface area contributed by atoms with Crippen LogP contribution in [0.2, 0.25) is 0 Å². The summed E-state index contributed by atoms with van der Waals surface area (Å²) < 4.78 is 4.98. The van der Waals surface area contributed by atoms with E-state index in [0.717, 1.165) is 5.56 Å². The zero-order valence-corrected chi connectivity index (χ0v) is 10.7. The molecule has 0 spiro atoms. The van der Waals surface area contributed by atoms with Crippen molar-refractivity contribution in [2.75, 3.05) is 0 Å². The van der Waals surface area contributed by atoms with Gasteiger partial charge >= 0.3 is 5.97 Å². The minimum Gasteiger partial charge on any atom is -0.477 e. The average Bonchev–Trinajstić information content (AvgIpc) is 2.85. The standard InChI is InChI=1S/C12H13NO3S/c1-12(2,3)9-8(11(14)15)17-10(13-9)7-4-5-16-6-7/h4-6H,1-3H3,(H,14,15). The Bertz CT molecular complexity index is 535. The van der Waals surface area contributed by atoms with Gasteiger partial charge in [0.1, 0.15) is 16.1 Å². The van der Waals surface area contributed by atoms with Gasteiger partial charge in [-0.15, -0.1) is 11.3 Å². The smallest absolute Gasteiger partial charge is 0.347 e. The highest BCUT2D eigenvalue weighted by molar-refractivity contribution is 7.17. The molecule has 0 atom stereocenters. The van der Waals surface area contributed by atoms with Gasteiger partial charge in [-0.05, 0) is 6.07 Å². The second kappa shape index (κ2) is 4.00. The number of carboxylic acid groups (broad SMARTS) is 1. The van der Waals surface area contributed by atoms with E-state index in [1.165, 1.54) is 11.3 Å². The number of aromatic nitrogens is 1. The Morgan fingerprint density at radius 3 is 2.59 bits per heavy atom. The minimum absolute atomic E-state index is 0.286. The molecule has 0 unspecified atom stereocenters. The number of thiazole rings is 1. The van der Waals surface area contributed by atoms with Gasteiger partial charge in [0, 0.05) is 11.0 Å². The molecule has 0 saturated carbocycles. The SMILES string of the molecule is CC(C)(C)c1nc(-c2ccoc2)sc1C(=O)O. The maximum Gasteiger partial charge on any atom is 0.347 e. The monoisotopic (exact) mass is 251 g/mol. The van der Waals surface area contributed by atoms with Crippen LogP contribution in [0.25, 0.3) is 10.6 Å². The Hall–Kier alpha value is -1.62. The quantitative estimate of drug-likeness (QED) is 0.888. The van der Waals surface area contributed by atoms with Crippen LogP contribution < -0.4 is 0 Å². The fourth-order valence-corrected chi connectivity index (χ4v) is 2.58. The molecule has 0 aromatic carbocycles. The molecule has 2 aromatic rings. The fourth-order valence-electron chi connectivity index (χ4n) is 1.48. The summed E-state index contributed by atoms with van der Waals surface area (Å²) in [5, 5.41) is 9.87. The maximum absolute atomic E-state index is 11.2. The van der Waals surface area contributed by atoms with Crippen LogP contribution >= 0.6 is 11.3 Å². The molecule has 90 valence electrons. The first-order chi connectivity index (χ1) is 7.89. The summed E-state index contributed by atoms with van der Waals surface area (Å²) in [6, 6.07) is 1.77. The first-order valence-corrected chi connectivity index (χ1v) is 5.98. The van der Waals surface area contributed by atoms with E-state index >= 15 is 0 Å². The highest BCUT2D eigenvalue weighted by atomic mass is 32.1. The van der Waals surface area contributed by atoms with Gasteiger partial charge in [0.15, 0.2) is 0 Å². The van der Waals surface area contributed by atoms with E-state index in [1.54, 1.807) is 18.6 Å². The van der Waals surface area contributed by atoms with Gasteiger partial charge in [0.05, 0.1) is 12.0 Å². The summed E-state index contributed by atoms with van der Waals surface area (Å²) in [4.78, 5) is 15.9. The molecule has 17 heavy (non-hydrogen) atoms. The van der Waals surface area contributed by atoms with Crippen molar-refractivity contribution in [1.82, 2.24) is 4.98 Å². The Labute approximate surface area is 103 Å². The summed E-state index contributed by atoms with van der Waals surface area (Å²) in [5.41, 5.74) is 1.14. The van der Waals surface area contributed by atoms with E-state index < -0.39 is 5.97 Å². The van der Waals surface area contributed by atoms with Crippen molar-refractivity contribution in [3.8, 4) is 10.6 Å². The van der Waals surface area contributed by atoms with Crippen molar-refractivity contribution < 1.29 is 14.3 Å². The van der Waals surface area contributed by atoms with E-state index in [4.69, 9.17) is 4.42 Å². The van der Waals surface area contributed by atoms with Crippen molar-refractivity contribution in [1.29, 1.82) is 0 Å². The van der Waals surface area contributed by atoms with Gasteiger partial charge in [-0.2, -0.15) is 0 Å². The summed E-state index contributed by atoms with van der Waals surface area (Å²) in [6.45, 7) is 5.86. The normalized spacial score (nSPS) is 11.7. The molecule has 0 radical (unpaired) electrons. The van der Waals surface area contributed by atoms with Crippen LogP contribution in [0.15, 0.2) is 23.0 Å². The molecule has 2 rings (SSSR count). The summed E-state index contributed by atoms with van der Waals surface area (Å²) in [5.74, 6) is -0.929. The van der Waals surface area contributed by atoms with Crippen molar-refractivity contribution in [2.24, 2.45) is 0 Å². The molecule has 2 heterocycles. The minimum atomic E-state index is -0.929. The Balaban J connectivity index is 2.56. The molecule has 0 aliphatic rings. The van der Waals surface area contributed by atoms with Gasteiger partial charge in [0.2, 0.25) is 0 Å². The van der Waals surface area contributed by atoms with Gasteiger partial charge in [-0.25, -0.2) is 9.78 Å². The molecule has 0 aliphatic heterocycles. The van der Waals surface area contributed by atoms with Crippen LogP contribution in [-0.2, 0) is 5.41 Å². The van der Waals surface area contributed by atoms with Gasteiger partial charge in [-0.3, -0.25) is 0 Å². The van der Waals surface area contributed by atoms with E-state index in [9.17, 15) is 9.90 Å². The molecule has 2 aromatic heterocycles. The molecule has 0 saturated heterocycles. The molecule has 0 bridgehead atoms. The molecular weight excluding hydrogens is 238 g/mol. The first kappa shape index (κ1) is 11.9. The van der Waals surface area contributed by atoms with Crippen molar-refractivity contribution >= 4 is 17.3 Å². The Kier molecular flexibility index (Phi) is 2.79. The number of carbonyl (C=O) groups is 1. The Morgan fingerprint density at radius 1 is 1.47 bits per heavy atom. The highest BCUT2D eigenvalue weighted by Crippen LogP contribution is 2.34. The van der Waals surface area contributed by atoms with Crippen molar-refractivity contribution in [3.05, 3.63) is 29.2 Å². The van der Waals surface area contributed by atoms with Crippen LogP contribution in [-0.4, -0.2) is 16.1 Å². The molecule has 0 amide bonds. The van der Waals surface area contributed by atoms with E-state index in [1.807, 2.05) is 20.8 Å². The lowest BCUT2D eigenvalue weighted by Gasteiger charge is -2.15. The fraction of sp³-hybridized carbons (Fsp3) is 0.333. The first-order valence-electron chi connectivity index (χ1n) is 5.17. The lowest BCUT2D eigenvalue weighted by atomic mass is 9.91. The third kappa shape index (κ3) is 2.24. The number of furan rings is 1. The van der Waals surface area contributed by atoms with Crippen LogP contribution in [0.5, 0.6) is 0 Å². The van der Waals surface area contributed by atoms with E-state index in [2.05, 4.69) is 4.98 Å². The largest absolute Gasteiger partial charge is 0.477 e. The zero-order chi connectivity index (χ0) is 12.6. The number of aromatic carboxylic acids is 1. The van der Waals surface area contributed by atoms with Gasteiger partial charge in [0.25, 0.3) is 0 Å². The lowest BCUT2D eigenvalue weighted by Crippen LogP contribution is -2.16. The molecule has 1 N–H and O–H groups in total. The molecule has 4 nitrogen and oxygen atoms in total. The van der Waals surface area contributed by atoms with Crippen molar-refractivity contribution in [3.63, 3.8) is 0 Å². The molecule has 0 fully saturated rings. The van der Waals surface area contributed by atoms with Crippen LogP contribution in [0.1, 0.15) is 36.1 Å². The maximum atomic E-state index is 11.2. The summed E-state index contributed by atoms with van der Waals surface area (Å²) in [6.07, 6.45) is 3.12.